The Balaban J connectivity index is 1.68. The fourth-order valence-electron chi connectivity index (χ4n) is 3.67. The van der Waals surface area contributed by atoms with E-state index in [4.69, 9.17) is 4.74 Å². The SMILES string of the molecule is OCC1(CN2CCn3cccc3C2c2ccccc2)COC1. The first kappa shape index (κ1) is 14.0. The van der Waals surface area contributed by atoms with E-state index >= 15 is 0 Å². The van der Waals surface area contributed by atoms with Gasteiger partial charge < -0.3 is 14.4 Å². The molecule has 1 aromatic carbocycles. The van der Waals surface area contributed by atoms with E-state index < -0.39 is 0 Å². The van der Waals surface area contributed by atoms with Crippen molar-refractivity contribution in [3.8, 4) is 0 Å². The highest BCUT2D eigenvalue weighted by Crippen LogP contribution is 2.36. The van der Waals surface area contributed by atoms with E-state index in [0.29, 0.717) is 13.2 Å². The van der Waals surface area contributed by atoms with Crippen LogP contribution in [0.2, 0.25) is 0 Å². The minimum Gasteiger partial charge on any atom is -0.396 e. The summed E-state index contributed by atoms with van der Waals surface area (Å²) in [6.07, 6.45) is 2.16. The second kappa shape index (κ2) is 5.54. The molecule has 4 nitrogen and oxygen atoms in total. The Bertz CT molecular complexity index is 628. The Hall–Kier alpha value is -1.62. The summed E-state index contributed by atoms with van der Waals surface area (Å²) in [6, 6.07) is 15.3. The highest BCUT2D eigenvalue weighted by atomic mass is 16.5. The predicted molar refractivity (Wildman–Crippen MR) is 84.6 cm³/mol. The quantitative estimate of drug-likeness (QED) is 0.937. The van der Waals surface area contributed by atoms with Crippen LogP contribution >= 0.6 is 0 Å². The van der Waals surface area contributed by atoms with E-state index in [1.165, 1.54) is 11.3 Å². The second-order valence-corrected chi connectivity index (χ2v) is 6.56. The van der Waals surface area contributed by atoms with Crippen LogP contribution in [0.4, 0.5) is 0 Å². The number of aromatic nitrogens is 1. The maximum atomic E-state index is 9.77. The monoisotopic (exact) mass is 298 g/mol. The molecule has 2 aliphatic heterocycles. The molecule has 1 fully saturated rings. The van der Waals surface area contributed by atoms with Gasteiger partial charge in [0.25, 0.3) is 0 Å². The number of rotatable bonds is 4. The van der Waals surface area contributed by atoms with Crippen LogP contribution in [0.25, 0.3) is 0 Å². The van der Waals surface area contributed by atoms with Crippen molar-refractivity contribution in [1.82, 2.24) is 9.47 Å². The maximum absolute atomic E-state index is 9.77. The molecule has 4 heteroatoms. The summed E-state index contributed by atoms with van der Waals surface area (Å²) in [4.78, 5) is 2.50. The number of nitrogens with zero attached hydrogens (tertiary/aromatic N) is 2. The topological polar surface area (TPSA) is 37.6 Å². The van der Waals surface area contributed by atoms with Gasteiger partial charge in [0, 0.05) is 31.5 Å². The summed E-state index contributed by atoms with van der Waals surface area (Å²) in [5.74, 6) is 0. The van der Waals surface area contributed by atoms with Crippen molar-refractivity contribution in [3.05, 3.63) is 59.9 Å². The number of hydrogen-bond acceptors (Lipinski definition) is 3. The highest BCUT2D eigenvalue weighted by molar-refractivity contribution is 5.30. The summed E-state index contributed by atoms with van der Waals surface area (Å²) in [5.41, 5.74) is 2.57. The molecule has 0 amide bonds. The molecule has 116 valence electrons. The van der Waals surface area contributed by atoms with E-state index in [-0.39, 0.29) is 18.1 Å². The van der Waals surface area contributed by atoms with Crippen LogP contribution in [0.1, 0.15) is 17.3 Å². The van der Waals surface area contributed by atoms with Crippen molar-refractivity contribution in [2.45, 2.75) is 12.6 Å². The normalized spacial score (nSPS) is 23.8. The molecule has 0 aliphatic carbocycles. The molecule has 0 spiro atoms. The average molecular weight is 298 g/mol. The first-order valence-corrected chi connectivity index (χ1v) is 7.94. The highest BCUT2D eigenvalue weighted by Gasteiger charge is 2.42. The van der Waals surface area contributed by atoms with Crippen molar-refractivity contribution < 1.29 is 9.84 Å². The molecule has 0 bridgehead atoms. The lowest BCUT2D eigenvalue weighted by molar-refractivity contribution is -0.152. The zero-order valence-corrected chi connectivity index (χ0v) is 12.7. The first-order chi connectivity index (χ1) is 10.8. The number of aliphatic hydroxyl groups excluding tert-OH is 1. The molecule has 1 saturated heterocycles. The predicted octanol–water partition coefficient (Wildman–Crippen LogP) is 1.90. The molecule has 22 heavy (non-hydrogen) atoms. The van der Waals surface area contributed by atoms with Gasteiger partial charge >= 0.3 is 0 Å². The molecule has 0 saturated carbocycles. The Labute approximate surface area is 130 Å². The molecule has 2 aromatic rings. The minimum atomic E-state index is -0.0816. The lowest BCUT2D eigenvalue weighted by Crippen LogP contribution is -2.55. The van der Waals surface area contributed by atoms with Gasteiger partial charge in [-0.1, -0.05) is 30.3 Å². The molecular formula is C18H22N2O2. The Morgan fingerprint density at radius 2 is 1.91 bits per heavy atom. The van der Waals surface area contributed by atoms with E-state index in [1.54, 1.807) is 0 Å². The summed E-state index contributed by atoms with van der Waals surface area (Å²) in [5, 5.41) is 9.77. The zero-order chi connectivity index (χ0) is 15.0. The van der Waals surface area contributed by atoms with Crippen LogP contribution in [-0.2, 0) is 11.3 Å². The Morgan fingerprint density at radius 1 is 1.09 bits per heavy atom. The van der Waals surface area contributed by atoms with E-state index in [9.17, 15) is 5.11 Å². The summed E-state index contributed by atoms with van der Waals surface area (Å²) in [7, 11) is 0. The molecule has 2 aliphatic rings. The molecule has 1 aromatic heterocycles. The van der Waals surface area contributed by atoms with Crippen molar-refractivity contribution in [2.75, 3.05) is 32.9 Å². The number of hydrogen-bond donors (Lipinski definition) is 1. The van der Waals surface area contributed by atoms with Gasteiger partial charge in [0.1, 0.15) is 0 Å². The largest absolute Gasteiger partial charge is 0.396 e. The fraction of sp³-hybridized carbons (Fsp3) is 0.444. The van der Waals surface area contributed by atoms with Gasteiger partial charge in [-0.2, -0.15) is 0 Å². The van der Waals surface area contributed by atoms with Crippen LogP contribution in [0.3, 0.4) is 0 Å². The van der Waals surface area contributed by atoms with Crippen molar-refractivity contribution in [2.24, 2.45) is 5.41 Å². The third kappa shape index (κ3) is 2.28. The zero-order valence-electron chi connectivity index (χ0n) is 12.7. The first-order valence-electron chi connectivity index (χ1n) is 7.94. The number of benzene rings is 1. The molecule has 1 atom stereocenters. The van der Waals surface area contributed by atoms with Gasteiger partial charge in [-0.15, -0.1) is 0 Å². The minimum absolute atomic E-state index is 0.0816. The van der Waals surface area contributed by atoms with Crippen LogP contribution < -0.4 is 0 Å². The van der Waals surface area contributed by atoms with Gasteiger partial charge in [-0.05, 0) is 17.7 Å². The fourth-order valence-corrected chi connectivity index (χ4v) is 3.67. The van der Waals surface area contributed by atoms with E-state index in [1.807, 2.05) is 0 Å². The van der Waals surface area contributed by atoms with E-state index in [0.717, 1.165) is 19.6 Å². The second-order valence-electron chi connectivity index (χ2n) is 6.56. The molecule has 4 rings (SSSR count). The molecular weight excluding hydrogens is 276 g/mol. The lowest BCUT2D eigenvalue weighted by atomic mass is 9.85. The van der Waals surface area contributed by atoms with Gasteiger partial charge in [0.2, 0.25) is 0 Å². The standard InChI is InChI=1S/C18H22N2O2/c21-12-18(13-22-14-18)11-20-10-9-19-8-4-7-16(19)17(20)15-5-2-1-3-6-15/h1-8,17,21H,9-14H2. The van der Waals surface area contributed by atoms with Gasteiger partial charge in [-0.25, -0.2) is 0 Å². The van der Waals surface area contributed by atoms with Gasteiger partial charge in [0.05, 0.1) is 31.3 Å². The average Bonchev–Trinajstić information content (AvgIpc) is 3.00. The Kier molecular flexibility index (Phi) is 3.53. The molecule has 0 radical (unpaired) electrons. The summed E-state index contributed by atoms with van der Waals surface area (Å²) >= 11 is 0. The van der Waals surface area contributed by atoms with Crippen LogP contribution in [0.5, 0.6) is 0 Å². The maximum Gasteiger partial charge on any atom is 0.0757 e. The summed E-state index contributed by atoms with van der Waals surface area (Å²) in [6.45, 7) is 4.43. The van der Waals surface area contributed by atoms with Crippen LogP contribution in [0, 0.1) is 5.41 Å². The lowest BCUT2D eigenvalue weighted by Gasteiger charge is -2.47. The third-order valence-electron chi connectivity index (χ3n) is 4.94. The van der Waals surface area contributed by atoms with Gasteiger partial charge in [-0.3, -0.25) is 4.90 Å². The Morgan fingerprint density at radius 3 is 2.59 bits per heavy atom. The number of ether oxygens (including phenoxy) is 1. The van der Waals surface area contributed by atoms with Gasteiger partial charge in [0.15, 0.2) is 0 Å². The molecule has 1 N–H and O–H groups in total. The number of fused-ring (bicyclic) bond motifs is 1. The number of aliphatic hydroxyl groups is 1. The third-order valence-corrected chi connectivity index (χ3v) is 4.94. The van der Waals surface area contributed by atoms with Crippen LogP contribution in [0.15, 0.2) is 48.7 Å². The van der Waals surface area contributed by atoms with E-state index in [2.05, 4.69) is 58.1 Å². The smallest absolute Gasteiger partial charge is 0.0757 e. The summed E-state index contributed by atoms with van der Waals surface area (Å²) < 4.78 is 7.72. The van der Waals surface area contributed by atoms with Crippen LogP contribution in [-0.4, -0.2) is 47.5 Å². The van der Waals surface area contributed by atoms with Crippen molar-refractivity contribution in [1.29, 1.82) is 0 Å². The molecule has 1 unspecified atom stereocenters. The molecule has 3 heterocycles. The van der Waals surface area contributed by atoms with Crippen molar-refractivity contribution >= 4 is 0 Å². The van der Waals surface area contributed by atoms with Crippen molar-refractivity contribution in [3.63, 3.8) is 0 Å².